The van der Waals surface area contributed by atoms with Gasteiger partial charge in [-0.05, 0) is 51.4 Å². The van der Waals surface area contributed by atoms with Crippen LogP contribution in [0.4, 0.5) is 0 Å². The number of esters is 2. The summed E-state index contributed by atoms with van der Waals surface area (Å²) in [6.07, 6.45) is 56.1. The van der Waals surface area contributed by atoms with Crippen LogP contribution in [0.25, 0.3) is 0 Å². The Balaban J connectivity index is 4.18. The molecule has 0 amide bonds. The summed E-state index contributed by atoms with van der Waals surface area (Å²) in [5, 5.41) is 9.65. The molecule has 0 aliphatic carbocycles. The first-order valence-electron chi connectivity index (χ1n) is 26.2. The van der Waals surface area contributed by atoms with Crippen LogP contribution < -0.4 is 0 Å². The molecule has 0 bridgehead atoms. The Morgan fingerprint density at radius 3 is 1.32 bits per heavy atom. The summed E-state index contributed by atoms with van der Waals surface area (Å²) < 4.78 is 17.3. The number of ether oxygens (including phenoxy) is 3. The van der Waals surface area contributed by atoms with E-state index in [0.29, 0.717) is 19.3 Å². The first-order valence-corrected chi connectivity index (χ1v) is 26.2. The fraction of sp³-hybridized carbons (Fsp3) is 0.800. The number of carboxylic acid groups (broad SMARTS) is 1. The Labute approximate surface area is 388 Å². The van der Waals surface area contributed by atoms with Gasteiger partial charge in [-0.25, -0.2) is 4.79 Å². The molecule has 1 N–H and O–H groups in total. The summed E-state index contributed by atoms with van der Waals surface area (Å²) in [6.45, 7) is 4.61. The highest BCUT2D eigenvalue weighted by atomic mass is 16.6. The van der Waals surface area contributed by atoms with Gasteiger partial charge in [0.15, 0.2) is 12.1 Å². The third-order valence-electron chi connectivity index (χ3n) is 11.7. The number of allylic oxidation sites excluding steroid dienone is 8. The van der Waals surface area contributed by atoms with E-state index in [1.807, 2.05) is 21.1 Å². The van der Waals surface area contributed by atoms with Crippen LogP contribution in [0.3, 0.4) is 0 Å². The monoisotopic (exact) mass is 887 g/mol. The Morgan fingerprint density at radius 2 is 0.889 bits per heavy atom. The van der Waals surface area contributed by atoms with E-state index >= 15 is 0 Å². The molecule has 2 atom stereocenters. The van der Waals surface area contributed by atoms with E-state index in [9.17, 15) is 19.5 Å². The average molecular weight is 887 g/mol. The number of rotatable bonds is 47. The van der Waals surface area contributed by atoms with E-state index in [1.165, 1.54) is 135 Å². The van der Waals surface area contributed by atoms with E-state index in [2.05, 4.69) is 62.5 Å². The molecule has 0 rings (SSSR count). The predicted molar refractivity (Wildman–Crippen MR) is 266 cm³/mol. The number of carboxylic acids is 1. The van der Waals surface area contributed by atoms with Crippen LogP contribution in [0.2, 0.25) is 0 Å². The van der Waals surface area contributed by atoms with Gasteiger partial charge in [0.1, 0.15) is 6.61 Å². The molecule has 366 valence electrons. The number of hydrogen-bond donors (Lipinski definition) is 1. The Hall–Kier alpha value is -2.71. The first-order chi connectivity index (χ1) is 30.6. The summed E-state index contributed by atoms with van der Waals surface area (Å²) in [6, 6.07) is -0.623. The van der Waals surface area contributed by atoms with Crippen molar-refractivity contribution >= 4 is 17.9 Å². The highest BCUT2D eigenvalue weighted by Crippen LogP contribution is 2.17. The van der Waals surface area contributed by atoms with E-state index in [0.717, 1.165) is 57.8 Å². The highest BCUT2D eigenvalue weighted by Gasteiger charge is 2.31. The molecule has 0 aliphatic heterocycles. The van der Waals surface area contributed by atoms with Crippen LogP contribution in [-0.2, 0) is 28.6 Å². The van der Waals surface area contributed by atoms with E-state index in [-0.39, 0.29) is 42.7 Å². The van der Waals surface area contributed by atoms with Crippen molar-refractivity contribution in [3.63, 3.8) is 0 Å². The van der Waals surface area contributed by atoms with E-state index in [1.54, 1.807) is 0 Å². The minimum atomic E-state index is -0.881. The number of aliphatic carboxylic acids is 1. The molecule has 0 aromatic heterocycles. The molecule has 0 saturated heterocycles. The first kappa shape index (κ1) is 60.3. The van der Waals surface area contributed by atoms with Crippen LogP contribution in [-0.4, -0.2) is 80.6 Å². The van der Waals surface area contributed by atoms with Gasteiger partial charge in [-0.2, -0.15) is 0 Å². The van der Waals surface area contributed by atoms with Crippen molar-refractivity contribution in [3.05, 3.63) is 48.6 Å². The van der Waals surface area contributed by atoms with Crippen LogP contribution in [0.15, 0.2) is 48.6 Å². The number of hydrogen-bond acceptors (Lipinski definition) is 6. The van der Waals surface area contributed by atoms with E-state index in [4.69, 9.17) is 14.2 Å². The second-order valence-corrected chi connectivity index (χ2v) is 18.8. The number of carbonyl (C=O) groups is 3. The molecular formula is C55H100NO7+. The molecule has 0 heterocycles. The third-order valence-corrected chi connectivity index (χ3v) is 11.7. The zero-order chi connectivity index (χ0) is 46.3. The lowest BCUT2D eigenvalue weighted by Gasteiger charge is -2.31. The summed E-state index contributed by atoms with van der Waals surface area (Å²) in [4.78, 5) is 37.1. The van der Waals surface area contributed by atoms with Gasteiger partial charge >= 0.3 is 17.9 Å². The summed E-state index contributed by atoms with van der Waals surface area (Å²) in [5.74, 6) is -1.51. The van der Waals surface area contributed by atoms with Gasteiger partial charge in [-0.1, -0.05) is 210 Å². The lowest BCUT2D eigenvalue weighted by Crippen LogP contribution is -2.50. The van der Waals surface area contributed by atoms with Crippen LogP contribution in [0.5, 0.6) is 0 Å². The largest absolute Gasteiger partial charge is 0.477 e. The summed E-state index contributed by atoms with van der Waals surface area (Å²) in [5.41, 5.74) is 0. The quantitative estimate of drug-likeness (QED) is 0.0281. The molecule has 8 nitrogen and oxygen atoms in total. The second-order valence-electron chi connectivity index (χ2n) is 18.8. The minimum absolute atomic E-state index is 0.0456. The van der Waals surface area contributed by atoms with Crippen molar-refractivity contribution in [1.29, 1.82) is 0 Å². The van der Waals surface area contributed by atoms with Gasteiger partial charge in [0.05, 0.1) is 34.4 Å². The van der Waals surface area contributed by atoms with Gasteiger partial charge in [0, 0.05) is 19.3 Å². The van der Waals surface area contributed by atoms with Gasteiger partial charge in [0.2, 0.25) is 0 Å². The molecule has 0 spiro atoms. The highest BCUT2D eigenvalue weighted by molar-refractivity contribution is 5.72. The molecule has 63 heavy (non-hydrogen) atoms. The molecular weight excluding hydrogens is 787 g/mol. The fourth-order valence-corrected chi connectivity index (χ4v) is 7.73. The minimum Gasteiger partial charge on any atom is -0.477 e. The van der Waals surface area contributed by atoms with Crippen molar-refractivity contribution < 1.29 is 38.2 Å². The van der Waals surface area contributed by atoms with Crippen molar-refractivity contribution in [2.45, 2.75) is 244 Å². The molecule has 0 fully saturated rings. The van der Waals surface area contributed by atoms with Gasteiger partial charge in [-0.15, -0.1) is 0 Å². The topological polar surface area (TPSA) is 99.1 Å². The third kappa shape index (κ3) is 44.3. The second kappa shape index (κ2) is 45.8. The Kier molecular flexibility index (Phi) is 43.9. The lowest BCUT2D eigenvalue weighted by molar-refractivity contribution is -0.887. The van der Waals surface area contributed by atoms with Crippen molar-refractivity contribution in [2.24, 2.45) is 0 Å². The van der Waals surface area contributed by atoms with Crippen molar-refractivity contribution in [1.82, 2.24) is 0 Å². The number of unbranched alkanes of at least 4 members (excludes halogenated alkanes) is 25. The lowest BCUT2D eigenvalue weighted by atomic mass is 10.0. The zero-order valence-corrected chi connectivity index (χ0v) is 41.8. The number of likely N-dealkylation sites (N-methyl/N-ethyl adjacent to an activating group) is 1. The van der Waals surface area contributed by atoms with Gasteiger partial charge in [-0.3, -0.25) is 9.59 Å². The number of carbonyl (C=O) groups excluding carboxylic acids is 2. The average Bonchev–Trinajstić information content (AvgIpc) is 3.24. The van der Waals surface area contributed by atoms with Crippen molar-refractivity contribution in [2.75, 3.05) is 41.0 Å². The molecule has 0 radical (unpaired) electrons. The fourth-order valence-electron chi connectivity index (χ4n) is 7.73. The van der Waals surface area contributed by atoms with Crippen LogP contribution in [0, 0.1) is 0 Å². The number of nitrogens with zero attached hydrogens (tertiary/aromatic N) is 1. The Morgan fingerprint density at radius 1 is 0.492 bits per heavy atom. The summed E-state index contributed by atoms with van der Waals surface area (Å²) in [7, 11) is 5.52. The molecule has 8 heteroatoms. The van der Waals surface area contributed by atoms with Crippen molar-refractivity contribution in [3.8, 4) is 0 Å². The maximum atomic E-state index is 12.7. The maximum absolute atomic E-state index is 12.7. The molecule has 2 unspecified atom stereocenters. The standard InChI is InChI=1S/C55H99NO7/c1-6-8-10-12-14-16-18-20-22-23-24-25-26-27-28-29-30-32-33-35-37-39-41-43-45-53(57)62-50-51(49-61-48-47-52(55(59)60)56(3,4)5)63-54(58)46-44-42-40-38-36-34-31-21-19-17-15-13-11-9-7-2/h9,11,15,17,21,31,36,38,51-52H,6-8,10,12-14,16,18-20,22-30,32-35,37,39-50H2,1-5H3/p+1/b11-9-,17-15-,31-21-,38-36-. The Bertz CT molecular complexity index is 1170. The molecule has 0 saturated carbocycles. The summed E-state index contributed by atoms with van der Waals surface area (Å²) >= 11 is 0. The maximum Gasteiger partial charge on any atom is 0.362 e. The SMILES string of the molecule is CC/C=C\C/C=C\C/C=C\C/C=C\CCCCC(=O)OC(COCCC(C(=O)O)[N+](C)(C)C)COC(=O)CCCCCCCCCCCCCCCCCCCCCCCCCC. The zero-order valence-electron chi connectivity index (χ0n) is 41.8. The predicted octanol–water partition coefficient (Wildman–Crippen LogP) is 15.1. The molecule has 0 aliphatic rings. The van der Waals surface area contributed by atoms with Gasteiger partial charge < -0.3 is 23.8 Å². The molecule has 0 aromatic rings. The van der Waals surface area contributed by atoms with Crippen LogP contribution in [0.1, 0.15) is 232 Å². The smallest absolute Gasteiger partial charge is 0.362 e. The van der Waals surface area contributed by atoms with Crippen LogP contribution >= 0.6 is 0 Å². The van der Waals surface area contributed by atoms with E-state index < -0.39 is 18.1 Å². The normalized spacial score (nSPS) is 13.2. The van der Waals surface area contributed by atoms with Gasteiger partial charge in [0.25, 0.3) is 0 Å². The molecule has 0 aromatic carbocycles. The number of quaternary nitrogens is 1.